The molecule has 0 aromatic heterocycles. The Bertz CT molecular complexity index is 3550. The zero-order valence-corrected chi connectivity index (χ0v) is 36.3. The van der Waals surface area contributed by atoms with Crippen molar-refractivity contribution in [3.63, 3.8) is 0 Å². The van der Waals surface area contributed by atoms with Crippen molar-refractivity contribution in [2.24, 2.45) is 0 Å². The summed E-state index contributed by atoms with van der Waals surface area (Å²) in [6, 6.07) is 81.2. The average Bonchev–Trinajstić information content (AvgIpc) is 3.86. The van der Waals surface area contributed by atoms with E-state index in [1.165, 1.54) is 137 Å². The maximum absolute atomic E-state index is 2.60. The fourth-order valence-corrected chi connectivity index (χ4v) is 13.1. The van der Waals surface area contributed by atoms with Crippen LogP contribution in [0.25, 0.3) is 54.9 Å². The second-order valence-corrected chi connectivity index (χ2v) is 18.9. The van der Waals surface area contributed by atoms with Crippen molar-refractivity contribution in [3.8, 4) is 33.4 Å². The van der Waals surface area contributed by atoms with Gasteiger partial charge < -0.3 is 4.90 Å². The van der Waals surface area contributed by atoms with Gasteiger partial charge in [-0.15, -0.1) is 0 Å². The average molecular weight is 830 g/mol. The molecule has 4 aliphatic rings. The van der Waals surface area contributed by atoms with Gasteiger partial charge >= 0.3 is 0 Å². The van der Waals surface area contributed by atoms with E-state index in [9.17, 15) is 0 Å². The number of anilines is 3. The van der Waals surface area contributed by atoms with Gasteiger partial charge in [-0.1, -0.05) is 201 Å². The van der Waals surface area contributed by atoms with Crippen LogP contribution in [0.5, 0.6) is 0 Å². The van der Waals surface area contributed by atoms with Crippen molar-refractivity contribution < 1.29 is 0 Å². The Morgan fingerprint density at radius 3 is 1.82 bits per heavy atom. The van der Waals surface area contributed by atoms with Gasteiger partial charge in [-0.25, -0.2) is 0 Å². The van der Waals surface area contributed by atoms with E-state index in [-0.39, 0.29) is 5.92 Å². The molecule has 2 atom stereocenters. The minimum absolute atomic E-state index is 0.145. The number of rotatable bonds is 5. The lowest BCUT2D eigenvalue weighted by Gasteiger charge is -2.43. The van der Waals surface area contributed by atoms with Crippen LogP contribution in [-0.4, -0.2) is 0 Å². The minimum Gasteiger partial charge on any atom is -0.310 e. The second-order valence-electron chi connectivity index (χ2n) is 18.9. The van der Waals surface area contributed by atoms with Crippen molar-refractivity contribution in [1.82, 2.24) is 0 Å². The van der Waals surface area contributed by atoms with Crippen LogP contribution in [0.2, 0.25) is 0 Å². The first-order chi connectivity index (χ1) is 32.3. The summed E-state index contributed by atoms with van der Waals surface area (Å²) in [5.41, 5.74) is 22.3. The van der Waals surface area contributed by atoms with Crippen LogP contribution < -0.4 is 4.90 Å². The molecule has 65 heavy (non-hydrogen) atoms. The van der Waals surface area contributed by atoms with Crippen molar-refractivity contribution >= 4 is 38.6 Å². The molecular weight excluding hydrogens is 783 g/mol. The fraction of sp³-hybridized carbons (Fsp3) is 0.125. The van der Waals surface area contributed by atoms with Crippen molar-refractivity contribution in [2.75, 3.05) is 4.90 Å². The number of hydrogen-bond acceptors (Lipinski definition) is 1. The van der Waals surface area contributed by atoms with Crippen LogP contribution in [0, 0.1) is 0 Å². The molecule has 4 aliphatic carbocycles. The second kappa shape index (κ2) is 14.3. The molecule has 1 nitrogen and oxygen atoms in total. The topological polar surface area (TPSA) is 3.24 Å². The summed E-state index contributed by atoms with van der Waals surface area (Å²) in [6.07, 6.45) is 6.41. The molecular formula is C64H47N. The van der Waals surface area contributed by atoms with E-state index in [1.54, 1.807) is 5.56 Å². The first kappa shape index (κ1) is 36.9. The normalized spacial score (nSPS) is 17.7. The van der Waals surface area contributed by atoms with Gasteiger partial charge in [0.2, 0.25) is 0 Å². The van der Waals surface area contributed by atoms with Gasteiger partial charge in [-0.2, -0.15) is 0 Å². The third-order valence-corrected chi connectivity index (χ3v) is 15.7. The lowest BCUT2D eigenvalue weighted by molar-refractivity contribution is 0.440. The smallest absolute Gasteiger partial charge is 0.0729 e. The van der Waals surface area contributed by atoms with Crippen LogP contribution in [-0.2, 0) is 5.41 Å². The summed E-state index contributed by atoms with van der Waals surface area (Å²) >= 11 is 0. The molecule has 0 N–H and O–H groups in total. The third-order valence-electron chi connectivity index (χ3n) is 15.7. The molecule has 0 aliphatic heterocycles. The maximum atomic E-state index is 2.60. The molecule has 2 unspecified atom stereocenters. The molecule has 0 radical (unpaired) electrons. The van der Waals surface area contributed by atoms with Crippen LogP contribution >= 0.6 is 0 Å². The van der Waals surface area contributed by atoms with Gasteiger partial charge in [0.1, 0.15) is 0 Å². The lowest BCUT2D eigenvalue weighted by Crippen LogP contribution is -2.34. The van der Waals surface area contributed by atoms with Crippen LogP contribution in [0.4, 0.5) is 17.1 Å². The van der Waals surface area contributed by atoms with E-state index in [0.717, 1.165) is 5.69 Å². The summed E-state index contributed by atoms with van der Waals surface area (Å²) in [5.74, 6) is 0.671. The Morgan fingerprint density at radius 2 is 0.985 bits per heavy atom. The molecule has 10 aromatic carbocycles. The number of fused-ring (bicyclic) bond motifs is 13. The molecule has 1 saturated carbocycles. The minimum atomic E-state index is -0.512. The number of hydrogen-bond donors (Lipinski definition) is 0. The zero-order valence-electron chi connectivity index (χ0n) is 36.3. The SMILES string of the molecule is c1ccc(C2c3ccccc3-c3ccc(N(c4ccc5c(c4)C4(c6ccccc6-5)c5ccccc5-c5cccc6ccc(C7CCCCC7)c4c56)c4cccc5ccccc45)cc32)cc1. The Balaban J connectivity index is 1.07. The number of nitrogens with zero attached hydrogens (tertiary/aromatic N) is 1. The fourth-order valence-electron chi connectivity index (χ4n) is 13.1. The molecule has 0 saturated heterocycles. The van der Waals surface area contributed by atoms with Crippen LogP contribution in [0.1, 0.15) is 88.4 Å². The Morgan fingerprint density at radius 1 is 0.385 bits per heavy atom. The van der Waals surface area contributed by atoms with Gasteiger partial charge in [0, 0.05) is 22.7 Å². The molecule has 1 heteroatoms. The zero-order chi connectivity index (χ0) is 42.6. The van der Waals surface area contributed by atoms with Crippen LogP contribution in [0.15, 0.2) is 212 Å². The van der Waals surface area contributed by atoms with E-state index in [2.05, 4.69) is 217 Å². The predicted octanol–water partition coefficient (Wildman–Crippen LogP) is 17.0. The summed E-state index contributed by atoms with van der Waals surface area (Å²) in [4.78, 5) is 2.57. The van der Waals surface area contributed by atoms with E-state index in [4.69, 9.17) is 0 Å². The van der Waals surface area contributed by atoms with E-state index in [1.807, 2.05) is 0 Å². The summed E-state index contributed by atoms with van der Waals surface area (Å²) in [7, 11) is 0. The van der Waals surface area contributed by atoms with Gasteiger partial charge in [0.25, 0.3) is 0 Å². The molecule has 0 heterocycles. The Kier molecular flexibility index (Phi) is 8.11. The summed E-state index contributed by atoms with van der Waals surface area (Å²) in [5, 5.41) is 5.23. The Labute approximate surface area is 381 Å². The van der Waals surface area contributed by atoms with E-state index < -0.39 is 5.41 Å². The molecule has 308 valence electrons. The van der Waals surface area contributed by atoms with E-state index in [0.29, 0.717) is 5.92 Å². The first-order valence-electron chi connectivity index (χ1n) is 23.7. The van der Waals surface area contributed by atoms with Crippen LogP contribution in [0.3, 0.4) is 0 Å². The van der Waals surface area contributed by atoms with E-state index >= 15 is 0 Å². The molecule has 1 spiro atoms. The maximum Gasteiger partial charge on any atom is 0.0729 e. The quantitative estimate of drug-likeness (QED) is 0.167. The molecule has 1 fully saturated rings. The van der Waals surface area contributed by atoms with Gasteiger partial charge in [0.15, 0.2) is 0 Å². The summed E-state index contributed by atoms with van der Waals surface area (Å²) in [6.45, 7) is 0. The highest BCUT2D eigenvalue weighted by atomic mass is 15.1. The molecule has 0 amide bonds. The monoisotopic (exact) mass is 829 g/mol. The number of benzene rings is 10. The standard InChI is InChI=1S/C64H47N/c1-3-17-42(18-4-1)48-36-33-44-23-15-29-55-52-27-12-14-31-58(52)64(63(48)62(44)55)57-30-13-11-26-51(57)53-38-35-46(40-59(53)64)65(60-32-16-22-41-19-7-8-24-47(41)60)45-34-37-50-49-25-9-10-28-54(49)61(56(50)39-45)43-20-5-2-6-21-43/h2,5-16,19-40,42,61H,1,3-4,17-18H2. The lowest BCUT2D eigenvalue weighted by atomic mass is 9.59. The van der Waals surface area contributed by atoms with Gasteiger partial charge in [-0.3, -0.25) is 0 Å². The third kappa shape index (κ3) is 5.21. The molecule has 0 bridgehead atoms. The van der Waals surface area contributed by atoms with Crippen molar-refractivity contribution in [1.29, 1.82) is 0 Å². The Hall–Kier alpha value is -7.48. The first-order valence-corrected chi connectivity index (χ1v) is 23.7. The molecule has 14 rings (SSSR count). The van der Waals surface area contributed by atoms with Gasteiger partial charge in [-0.05, 0) is 143 Å². The summed E-state index contributed by atoms with van der Waals surface area (Å²) < 4.78 is 0. The predicted molar refractivity (Wildman–Crippen MR) is 271 cm³/mol. The van der Waals surface area contributed by atoms with Crippen molar-refractivity contribution in [2.45, 2.75) is 49.4 Å². The highest BCUT2D eigenvalue weighted by molar-refractivity contribution is 6.08. The largest absolute Gasteiger partial charge is 0.310 e. The highest BCUT2D eigenvalue weighted by Crippen LogP contribution is 2.64. The molecule has 10 aromatic rings. The van der Waals surface area contributed by atoms with Crippen molar-refractivity contribution in [3.05, 3.63) is 257 Å². The van der Waals surface area contributed by atoms with Gasteiger partial charge in [0.05, 0.1) is 11.1 Å². The highest BCUT2D eigenvalue weighted by Gasteiger charge is 2.52.